The monoisotopic (exact) mass is 300 g/mol. The molecule has 1 aliphatic rings. The van der Waals surface area contributed by atoms with E-state index in [2.05, 4.69) is 47.1 Å². The number of amides is 1. The number of hydrogen-bond acceptors (Lipinski definition) is 2. The van der Waals surface area contributed by atoms with Crippen molar-refractivity contribution in [2.24, 2.45) is 5.41 Å². The molecule has 3 rings (SSSR count). The van der Waals surface area contributed by atoms with Crippen molar-refractivity contribution in [1.82, 2.24) is 9.88 Å². The van der Waals surface area contributed by atoms with Crippen molar-refractivity contribution in [3.63, 3.8) is 0 Å². The molecule has 0 unspecified atom stereocenters. The third-order valence-corrected chi connectivity index (χ3v) is 4.85. The van der Waals surface area contributed by atoms with Crippen LogP contribution in [0.1, 0.15) is 25.0 Å². The van der Waals surface area contributed by atoms with Crippen LogP contribution in [-0.4, -0.2) is 30.7 Å². The van der Waals surface area contributed by atoms with E-state index in [1.54, 1.807) is 7.11 Å². The number of nitrogens with zero attached hydrogens (tertiary/aromatic N) is 1. The number of methoxy groups -OCH3 is 1. The van der Waals surface area contributed by atoms with Gasteiger partial charge < -0.3 is 14.6 Å². The van der Waals surface area contributed by atoms with Gasteiger partial charge in [0.05, 0.1) is 12.0 Å². The van der Waals surface area contributed by atoms with Crippen molar-refractivity contribution in [3.8, 4) is 0 Å². The fourth-order valence-corrected chi connectivity index (χ4v) is 3.43. The molecule has 4 nitrogen and oxygen atoms in total. The zero-order valence-corrected chi connectivity index (χ0v) is 13.4. The molecule has 1 aliphatic carbocycles. The average molecular weight is 300 g/mol. The molecule has 0 spiro atoms. The van der Waals surface area contributed by atoms with Gasteiger partial charge in [0.2, 0.25) is 5.91 Å². The Bertz CT molecular complexity index is 671. The standard InChI is InChI=1S/C18H24N2O2/c1-14-12-15-6-3-4-7-16(15)20(14)11-10-19-17(21)18(13-22-2)8-5-9-18/h3-4,6-7,12H,5,8-11,13H2,1-2H3,(H,19,21). The average Bonchev–Trinajstić information content (AvgIpc) is 2.79. The van der Waals surface area contributed by atoms with Crippen LogP contribution in [0.15, 0.2) is 30.3 Å². The van der Waals surface area contributed by atoms with Crippen LogP contribution in [-0.2, 0) is 16.1 Å². The predicted octanol–water partition coefficient (Wildman–Crippen LogP) is 2.88. The van der Waals surface area contributed by atoms with Crippen molar-refractivity contribution < 1.29 is 9.53 Å². The molecule has 118 valence electrons. The highest BCUT2D eigenvalue weighted by molar-refractivity contribution is 5.84. The minimum Gasteiger partial charge on any atom is -0.384 e. The van der Waals surface area contributed by atoms with Gasteiger partial charge in [-0.2, -0.15) is 0 Å². The van der Waals surface area contributed by atoms with Gasteiger partial charge in [0.25, 0.3) is 0 Å². The van der Waals surface area contributed by atoms with Crippen LogP contribution in [0, 0.1) is 12.3 Å². The zero-order chi connectivity index (χ0) is 15.6. The van der Waals surface area contributed by atoms with Gasteiger partial charge in [0.1, 0.15) is 0 Å². The number of rotatable bonds is 6. The number of aryl methyl sites for hydroxylation is 1. The van der Waals surface area contributed by atoms with Gasteiger partial charge in [-0.1, -0.05) is 24.6 Å². The largest absolute Gasteiger partial charge is 0.384 e. The Morgan fingerprint density at radius 1 is 1.36 bits per heavy atom. The maximum absolute atomic E-state index is 12.4. The lowest BCUT2D eigenvalue weighted by atomic mass is 9.68. The summed E-state index contributed by atoms with van der Waals surface area (Å²) >= 11 is 0. The summed E-state index contributed by atoms with van der Waals surface area (Å²) in [4.78, 5) is 12.4. The number of hydrogen-bond donors (Lipinski definition) is 1. The Morgan fingerprint density at radius 3 is 2.82 bits per heavy atom. The summed E-state index contributed by atoms with van der Waals surface area (Å²) in [5.74, 6) is 0.148. The number of nitrogens with one attached hydrogen (secondary N) is 1. The van der Waals surface area contributed by atoms with Crippen LogP contribution in [0.25, 0.3) is 10.9 Å². The molecular formula is C18H24N2O2. The van der Waals surface area contributed by atoms with Gasteiger partial charge in [-0.3, -0.25) is 4.79 Å². The molecule has 2 aromatic rings. The van der Waals surface area contributed by atoms with E-state index in [0.717, 1.165) is 25.8 Å². The first-order valence-corrected chi connectivity index (χ1v) is 7.98. The van der Waals surface area contributed by atoms with Gasteiger partial charge in [-0.05, 0) is 37.3 Å². The number of ether oxygens (including phenoxy) is 1. The highest BCUT2D eigenvalue weighted by Gasteiger charge is 2.43. The van der Waals surface area contributed by atoms with Crippen LogP contribution in [0.3, 0.4) is 0 Å². The number of fused-ring (bicyclic) bond motifs is 1. The Kier molecular flexibility index (Phi) is 4.21. The number of aromatic nitrogens is 1. The lowest BCUT2D eigenvalue weighted by Crippen LogP contribution is -2.49. The highest BCUT2D eigenvalue weighted by atomic mass is 16.5. The Hall–Kier alpha value is -1.81. The fourth-order valence-electron chi connectivity index (χ4n) is 3.43. The number of para-hydroxylation sites is 1. The first-order chi connectivity index (χ1) is 10.7. The molecule has 0 atom stereocenters. The Labute approximate surface area is 131 Å². The maximum atomic E-state index is 12.4. The van der Waals surface area contributed by atoms with E-state index >= 15 is 0 Å². The molecule has 0 aliphatic heterocycles. The van der Waals surface area contributed by atoms with E-state index in [-0.39, 0.29) is 11.3 Å². The normalized spacial score (nSPS) is 16.5. The molecule has 1 aromatic carbocycles. The molecule has 1 aromatic heterocycles. The molecule has 4 heteroatoms. The molecule has 0 bridgehead atoms. The highest BCUT2D eigenvalue weighted by Crippen LogP contribution is 2.41. The SMILES string of the molecule is COCC1(C(=O)NCCn2c(C)cc3ccccc32)CCC1. The molecule has 1 amide bonds. The second-order valence-electron chi connectivity index (χ2n) is 6.32. The molecule has 0 radical (unpaired) electrons. The smallest absolute Gasteiger partial charge is 0.228 e. The maximum Gasteiger partial charge on any atom is 0.228 e. The first kappa shape index (κ1) is 15.1. The topological polar surface area (TPSA) is 43.3 Å². The van der Waals surface area contributed by atoms with Gasteiger partial charge in [0.15, 0.2) is 0 Å². The fraction of sp³-hybridized carbons (Fsp3) is 0.500. The van der Waals surface area contributed by atoms with Crippen LogP contribution in [0.2, 0.25) is 0 Å². The van der Waals surface area contributed by atoms with Gasteiger partial charge in [0, 0.05) is 31.4 Å². The van der Waals surface area contributed by atoms with E-state index in [9.17, 15) is 4.79 Å². The summed E-state index contributed by atoms with van der Waals surface area (Å²) in [5, 5.41) is 4.35. The van der Waals surface area contributed by atoms with Crippen LogP contribution in [0.5, 0.6) is 0 Å². The van der Waals surface area contributed by atoms with Crippen molar-refractivity contribution in [2.75, 3.05) is 20.3 Å². The molecule has 1 heterocycles. The minimum absolute atomic E-state index is 0.148. The minimum atomic E-state index is -0.275. The number of carbonyl (C=O) groups excluding carboxylic acids is 1. The van der Waals surface area contributed by atoms with E-state index < -0.39 is 0 Å². The summed E-state index contributed by atoms with van der Waals surface area (Å²) in [5.41, 5.74) is 2.18. The van der Waals surface area contributed by atoms with Crippen LogP contribution >= 0.6 is 0 Å². The second kappa shape index (κ2) is 6.13. The van der Waals surface area contributed by atoms with E-state index in [1.165, 1.54) is 16.6 Å². The van der Waals surface area contributed by atoms with Crippen LogP contribution < -0.4 is 5.32 Å². The summed E-state index contributed by atoms with van der Waals surface area (Å²) in [6.45, 7) is 4.10. The van der Waals surface area contributed by atoms with Crippen molar-refractivity contribution >= 4 is 16.8 Å². The lowest BCUT2D eigenvalue weighted by molar-refractivity contribution is -0.140. The predicted molar refractivity (Wildman–Crippen MR) is 87.8 cm³/mol. The van der Waals surface area contributed by atoms with E-state index in [4.69, 9.17) is 4.74 Å². The summed E-state index contributed by atoms with van der Waals surface area (Å²) in [6.07, 6.45) is 3.01. The Balaban J connectivity index is 1.63. The molecule has 1 fully saturated rings. The zero-order valence-electron chi connectivity index (χ0n) is 13.4. The number of carbonyl (C=O) groups is 1. The number of benzene rings is 1. The van der Waals surface area contributed by atoms with Gasteiger partial charge in [-0.15, -0.1) is 0 Å². The molecular weight excluding hydrogens is 276 g/mol. The summed E-state index contributed by atoms with van der Waals surface area (Å²) in [6, 6.07) is 10.6. The molecule has 22 heavy (non-hydrogen) atoms. The van der Waals surface area contributed by atoms with Gasteiger partial charge in [-0.25, -0.2) is 0 Å². The van der Waals surface area contributed by atoms with Gasteiger partial charge >= 0.3 is 0 Å². The molecule has 1 saturated carbocycles. The first-order valence-electron chi connectivity index (χ1n) is 7.98. The quantitative estimate of drug-likeness (QED) is 0.891. The third-order valence-electron chi connectivity index (χ3n) is 4.85. The van der Waals surface area contributed by atoms with Crippen molar-refractivity contribution in [3.05, 3.63) is 36.0 Å². The lowest BCUT2D eigenvalue weighted by Gasteiger charge is -2.39. The van der Waals surface area contributed by atoms with Crippen molar-refractivity contribution in [2.45, 2.75) is 32.7 Å². The second-order valence-corrected chi connectivity index (χ2v) is 6.32. The van der Waals surface area contributed by atoms with Crippen molar-refractivity contribution in [1.29, 1.82) is 0 Å². The van der Waals surface area contributed by atoms with E-state index in [1.807, 2.05) is 0 Å². The molecule has 0 saturated heterocycles. The molecule has 1 N–H and O–H groups in total. The van der Waals surface area contributed by atoms with E-state index in [0.29, 0.717) is 13.2 Å². The Morgan fingerprint density at radius 2 is 2.14 bits per heavy atom. The summed E-state index contributed by atoms with van der Waals surface area (Å²) < 4.78 is 7.50. The van der Waals surface area contributed by atoms with Crippen LogP contribution in [0.4, 0.5) is 0 Å². The third kappa shape index (κ3) is 2.63. The summed E-state index contributed by atoms with van der Waals surface area (Å²) in [7, 11) is 1.67.